The summed E-state index contributed by atoms with van der Waals surface area (Å²) in [6, 6.07) is 18.3. The quantitative estimate of drug-likeness (QED) is 0.771. The van der Waals surface area contributed by atoms with E-state index < -0.39 is 5.60 Å². The molecular formula is C22H29NOS. The van der Waals surface area contributed by atoms with Gasteiger partial charge in [0.15, 0.2) is 0 Å². The van der Waals surface area contributed by atoms with Crippen LogP contribution in [0.2, 0.25) is 0 Å². The van der Waals surface area contributed by atoms with Crippen LogP contribution in [0.5, 0.6) is 0 Å². The largest absolute Gasteiger partial charge is 0.380 e. The lowest BCUT2D eigenvalue weighted by atomic mass is 9.77. The van der Waals surface area contributed by atoms with E-state index >= 15 is 0 Å². The molecule has 0 amide bonds. The molecule has 1 fully saturated rings. The number of nitrogens with two attached hydrogens (primary N) is 1. The average molecular weight is 356 g/mol. The third kappa shape index (κ3) is 4.11. The lowest BCUT2D eigenvalue weighted by Crippen LogP contribution is -2.38. The van der Waals surface area contributed by atoms with Gasteiger partial charge in [0.05, 0.1) is 0 Å². The minimum absolute atomic E-state index is 0.0632. The van der Waals surface area contributed by atoms with Crippen LogP contribution in [-0.4, -0.2) is 16.9 Å². The van der Waals surface area contributed by atoms with E-state index in [0.717, 1.165) is 16.4 Å². The first-order valence-electron chi connectivity index (χ1n) is 9.39. The summed E-state index contributed by atoms with van der Waals surface area (Å²) in [5.41, 5.74) is 6.70. The van der Waals surface area contributed by atoms with Crippen molar-refractivity contribution in [1.29, 1.82) is 0 Å². The number of thioether (sulfide) groups is 1. The molecule has 1 saturated carbocycles. The van der Waals surface area contributed by atoms with Crippen LogP contribution in [0.25, 0.3) is 0 Å². The summed E-state index contributed by atoms with van der Waals surface area (Å²) in [7, 11) is 0. The molecular weight excluding hydrogens is 326 g/mol. The second-order valence-electron chi connectivity index (χ2n) is 7.17. The topological polar surface area (TPSA) is 46.2 Å². The first-order valence-corrected chi connectivity index (χ1v) is 10.3. The van der Waals surface area contributed by atoms with E-state index in [9.17, 15) is 5.11 Å². The second-order valence-corrected chi connectivity index (χ2v) is 8.55. The van der Waals surface area contributed by atoms with Gasteiger partial charge in [-0.25, -0.2) is 0 Å². The molecule has 0 aliphatic heterocycles. The molecule has 2 unspecified atom stereocenters. The number of benzene rings is 2. The van der Waals surface area contributed by atoms with Crippen molar-refractivity contribution in [2.45, 2.75) is 54.8 Å². The smallest absolute Gasteiger partial charge is 0.118 e. The Labute approximate surface area is 155 Å². The van der Waals surface area contributed by atoms with Gasteiger partial charge in [0.25, 0.3) is 0 Å². The Morgan fingerprint density at radius 2 is 1.60 bits per heavy atom. The van der Waals surface area contributed by atoms with Crippen molar-refractivity contribution >= 4 is 11.8 Å². The third-order valence-electron chi connectivity index (χ3n) is 5.43. The van der Waals surface area contributed by atoms with E-state index in [4.69, 9.17) is 5.73 Å². The van der Waals surface area contributed by atoms with Gasteiger partial charge in [-0.1, -0.05) is 68.7 Å². The summed E-state index contributed by atoms with van der Waals surface area (Å²) in [6.07, 6.45) is 6.75. The average Bonchev–Trinajstić information content (AvgIpc) is 2.69. The van der Waals surface area contributed by atoms with Crippen LogP contribution in [-0.2, 0) is 5.60 Å². The summed E-state index contributed by atoms with van der Waals surface area (Å²) in [5, 5.41) is 12.3. The maximum Gasteiger partial charge on any atom is 0.118 e. The Bertz CT molecular complexity index is 651. The number of aliphatic hydroxyl groups is 1. The summed E-state index contributed by atoms with van der Waals surface area (Å²) in [5.74, 6) is -0.0632. The Balaban J connectivity index is 1.84. The summed E-state index contributed by atoms with van der Waals surface area (Å²) in [4.78, 5) is 1.30. The fourth-order valence-electron chi connectivity index (χ4n) is 3.76. The Morgan fingerprint density at radius 1 is 1.00 bits per heavy atom. The van der Waals surface area contributed by atoms with Crippen molar-refractivity contribution in [2.24, 2.45) is 11.7 Å². The molecule has 0 radical (unpaired) electrons. The predicted molar refractivity (Wildman–Crippen MR) is 107 cm³/mol. The van der Waals surface area contributed by atoms with E-state index in [2.05, 4.69) is 24.3 Å². The molecule has 2 atom stereocenters. The number of hydrogen-bond donors (Lipinski definition) is 2. The fraction of sp³-hybridized carbons (Fsp3) is 0.455. The van der Waals surface area contributed by atoms with Crippen LogP contribution in [0, 0.1) is 5.92 Å². The highest BCUT2D eigenvalue weighted by atomic mass is 32.2. The van der Waals surface area contributed by atoms with Crippen LogP contribution in [0.3, 0.4) is 0 Å². The summed E-state index contributed by atoms with van der Waals surface area (Å²) < 4.78 is 0. The molecule has 2 aromatic rings. The monoisotopic (exact) mass is 355 g/mol. The van der Waals surface area contributed by atoms with Crippen molar-refractivity contribution in [3.63, 3.8) is 0 Å². The van der Waals surface area contributed by atoms with E-state index in [-0.39, 0.29) is 5.92 Å². The van der Waals surface area contributed by atoms with Crippen molar-refractivity contribution in [1.82, 2.24) is 0 Å². The van der Waals surface area contributed by atoms with Crippen molar-refractivity contribution < 1.29 is 5.11 Å². The van der Waals surface area contributed by atoms with Gasteiger partial charge in [0.1, 0.15) is 5.60 Å². The van der Waals surface area contributed by atoms with Crippen molar-refractivity contribution in [3.8, 4) is 0 Å². The van der Waals surface area contributed by atoms with Gasteiger partial charge in [0, 0.05) is 16.1 Å². The number of rotatable bonds is 6. The van der Waals surface area contributed by atoms with E-state index in [1.807, 2.05) is 49.0 Å². The first kappa shape index (κ1) is 18.5. The highest BCUT2D eigenvalue weighted by Gasteiger charge is 2.36. The molecule has 2 nitrogen and oxygen atoms in total. The van der Waals surface area contributed by atoms with Crippen LogP contribution in [0.1, 0.15) is 50.2 Å². The highest BCUT2D eigenvalue weighted by molar-refractivity contribution is 8.00. The van der Waals surface area contributed by atoms with E-state index in [1.165, 1.54) is 37.0 Å². The molecule has 3 N–H and O–H groups in total. The van der Waals surface area contributed by atoms with Gasteiger partial charge in [-0.15, -0.1) is 11.8 Å². The van der Waals surface area contributed by atoms with Crippen molar-refractivity contribution in [3.05, 3.63) is 65.7 Å². The van der Waals surface area contributed by atoms with Crippen LogP contribution in [0.15, 0.2) is 59.5 Å². The van der Waals surface area contributed by atoms with Crippen LogP contribution in [0.4, 0.5) is 0 Å². The van der Waals surface area contributed by atoms with Crippen LogP contribution < -0.4 is 5.73 Å². The standard InChI is InChI=1S/C22H29NOS/c1-17(16-23)22(24,18-8-4-2-5-9-18)19-12-14-21(15-13-19)25-20-10-6-3-7-11-20/h2,4-5,8-9,12-15,17,20,24H,3,6-7,10-11,16,23H2,1H3. The van der Waals surface area contributed by atoms with E-state index in [0.29, 0.717) is 6.54 Å². The Morgan fingerprint density at radius 3 is 2.20 bits per heavy atom. The molecule has 2 aromatic carbocycles. The zero-order valence-corrected chi connectivity index (χ0v) is 15.8. The zero-order chi connectivity index (χ0) is 17.7. The summed E-state index contributed by atoms with van der Waals surface area (Å²) in [6.45, 7) is 2.45. The third-order valence-corrected chi connectivity index (χ3v) is 6.78. The Kier molecular flexibility index (Phi) is 6.21. The van der Waals surface area contributed by atoms with Crippen molar-refractivity contribution in [2.75, 3.05) is 6.54 Å². The number of hydrogen-bond acceptors (Lipinski definition) is 3. The molecule has 3 rings (SSSR count). The van der Waals surface area contributed by atoms with Gasteiger partial charge in [-0.05, 0) is 42.6 Å². The van der Waals surface area contributed by atoms with E-state index in [1.54, 1.807) is 0 Å². The van der Waals surface area contributed by atoms with Crippen LogP contribution >= 0.6 is 11.8 Å². The second kappa shape index (κ2) is 8.39. The maximum atomic E-state index is 11.5. The molecule has 0 heterocycles. The molecule has 0 spiro atoms. The SMILES string of the molecule is CC(CN)C(O)(c1ccccc1)c1ccc(SC2CCCCC2)cc1. The molecule has 0 bridgehead atoms. The molecule has 3 heteroatoms. The molecule has 1 aliphatic carbocycles. The van der Waals surface area contributed by atoms with Gasteiger partial charge in [0.2, 0.25) is 0 Å². The maximum absolute atomic E-state index is 11.5. The highest BCUT2D eigenvalue weighted by Crippen LogP contribution is 2.38. The minimum atomic E-state index is -1.05. The lowest BCUT2D eigenvalue weighted by molar-refractivity contribution is 0.0276. The molecule has 134 valence electrons. The van der Waals surface area contributed by atoms with Gasteiger partial charge in [-0.3, -0.25) is 0 Å². The lowest BCUT2D eigenvalue weighted by Gasteiger charge is -2.35. The molecule has 1 aliphatic rings. The normalized spacial score (nSPS) is 19.3. The predicted octanol–water partition coefficient (Wildman–Crippen LogP) is 4.94. The zero-order valence-electron chi connectivity index (χ0n) is 15.0. The molecule has 0 saturated heterocycles. The minimum Gasteiger partial charge on any atom is -0.380 e. The van der Waals surface area contributed by atoms with Gasteiger partial charge >= 0.3 is 0 Å². The first-order chi connectivity index (χ1) is 12.1. The van der Waals surface area contributed by atoms with Gasteiger partial charge in [-0.2, -0.15) is 0 Å². The molecule has 0 aromatic heterocycles. The Hall–Kier alpha value is -1.29. The summed E-state index contributed by atoms with van der Waals surface area (Å²) >= 11 is 1.99. The van der Waals surface area contributed by atoms with Gasteiger partial charge < -0.3 is 10.8 Å². The fourth-order valence-corrected chi connectivity index (χ4v) is 5.01. The molecule has 25 heavy (non-hydrogen) atoms.